The fourth-order valence-corrected chi connectivity index (χ4v) is 3.46. The van der Waals surface area contributed by atoms with Gasteiger partial charge in [-0.15, -0.1) is 0 Å². The van der Waals surface area contributed by atoms with Crippen molar-refractivity contribution in [3.63, 3.8) is 0 Å². The molecule has 0 bridgehead atoms. The largest absolute Gasteiger partial charge is 0.381 e. The van der Waals surface area contributed by atoms with Crippen LogP contribution in [0.5, 0.6) is 0 Å². The van der Waals surface area contributed by atoms with Crippen molar-refractivity contribution in [3.05, 3.63) is 58.1 Å². The second-order valence-electron chi connectivity index (χ2n) is 4.88. The lowest BCUT2D eigenvalue weighted by molar-refractivity contribution is 0.597. The second kappa shape index (κ2) is 6.62. The van der Waals surface area contributed by atoms with Gasteiger partial charge in [0.2, 0.25) is 0 Å². The lowest BCUT2D eigenvalue weighted by atomic mass is 10.1. The third-order valence-corrected chi connectivity index (χ3v) is 5.77. The van der Waals surface area contributed by atoms with Gasteiger partial charge in [0.05, 0.1) is 10.6 Å². The molecule has 21 heavy (non-hydrogen) atoms. The minimum Gasteiger partial charge on any atom is -0.381 e. The van der Waals surface area contributed by atoms with Crippen molar-refractivity contribution in [1.29, 1.82) is 0 Å². The van der Waals surface area contributed by atoms with E-state index in [2.05, 4.69) is 46.4 Å². The number of hydrogen-bond donors (Lipinski definition) is 1. The summed E-state index contributed by atoms with van der Waals surface area (Å²) in [5, 5.41) is 3.29. The standard InChI is InChI=1S/C16H18BrNO2S/c1-3-21(19,20)15-8-6-14(7-9-15)18-11-13-5-4-12(2)10-16(13)17/h4-10,18H,3,11H2,1-2H3. The van der Waals surface area contributed by atoms with E-state index >= 15 is 0 Å². The van der Waals surface area contributed by atoms with Crippen molar-refractivity contribution in [3.8, 4) is 0 Å². The van der Waals surface area contributed by atoms with Gasteiger partial charge >= 0.3 is 0 Å². The first-order valence-corrected chi connectivity index (χ1v) is 9.18. The first kappa shape index (κ1) is 16.0. The summed E-state index contributed by atoms with van der Waals surface area (Å²) in [4.78, 5) is 0.368. The van der Waals surface area contributed by atoms with Crippen LogP contribution in [0.4, 0.5) is 5.69 Å². The van der Waals surface area contributed by atoms with Gasteiger partial charge in [-0.25, -0.2) is 8.42 Å². The Morgan fingerprint density at radius 2 is 1.76 bits per heavy atom. The highest BCUT2D eigenvalue weighted by Crippen LogP contribution is 2.20. The predicted molar refractivity (Wildman–Crippen MR) is 90.4 cm³/mol. The van der Waals surface area contributed by atoms with Crippen LogP contribution in [0.25, 0.3) is 0 Å². The molecule has 0 amide bonds. The maximum Gasteiger partial charge on any atom is 0.178 e. The number of sulfone groups is 1. The maximum absolute atomic E-state index is 11.7. The van der Waals surface area contributed by atoms with E-state index in [0.717, 1.165) is 15.7 Å². The molecule has 0 aliphatic carbocycles. The minimum atomic E-state index is -3.13. The first-order chi connectivity index (χ1) is 9.92. The van der Waals surface area contributed by atoms with E-state index in [1.54, 1.807) is 31.2 Å². The van der Waals surface area contributed by atoms with Gasteiger partial charge in [0, 0.05) is 16.7 Å². The smallest absolute Gasteiger partial charge is 0.178 e. The molecule has 0 saturated heterocycles. The van der Waals surface area contributed by atoms with Gasteiger partial charge < -0.3 is 5.32 Å². The molecule has 0 aliphatic rings. The summed E-state index contributed by atoms with van der Waals surface area (Å²) in [5.41, 5.74) is 3.27. The van der Waals surface area contributed by atoms with Crippen LogP contribution >= 0.6 is 15.9 Å². The molecule has 0 fully saturated rings. The molecular formula is C16H18BrNO2S. The summed E-state index contributed by atoms with van der Waals surface area (Å²) >= 11 is 3.55. The van der Waals surface area contributed by atoms with Crippen LogP contribution in [0.3, 0.4) is 0 Å². The fourth-order valence-electron chi connectivity index (χ4n) is 1.94. The molecular weight excluding hydrogens is 350 g/mol. The maximum atomic E-state index is 11.7. The van der Waals surface area contributed by atoms with Crippen molar-refractivity contribution in [2.45, 2.75) is 25.3 Å². The normalized spacial score (nSPS) is 11.4. The van der Waals surface area contributed by atoms with Gasteiger partial charge in [-0.1, -0.05) is 35.0 Å². The Balaban J connectivity index is 2.07. The van der Waals surface area contributed by atoms with Gasteiger partial charge in [-0.3, -0.25) is 0 Å². The highest BCUT2D eigenvalue weighted by atomic mass is 79.9. The van der Waals surface area contributed by atoms with Crippen LogP contribution in [-0.4, -0.2) is 14.2 Å². The van der Waals surface area contributed by atoms with Crippen LogP contribution in [0.1, 0.15) is 18.1 Å². The van der Waals surface area contributed by atoms with Crippen molar-refractivity contribution in [2.24, 2.45) is 0 Å². The molecule has 2 rings (SSSR count). The second-order valence-corrected chi connectivity index (χ2v) is 8.01. The number of anilines is 1. The summed E-state index contributed by atoms with van der Waals surface area (Å²) in [6.07, 6.45) is 0. The molecule has 0 radical (unpaired) electrons. The summed E-state index contributed by atoms with van der Waals surface area (Å²) in [6.45, 7) is 4.38. The van der Waals surface area contributed by atoms with Crippen molar-refractivity contribution < 1.29 is 8.42 Å². The minimum absolute atomic E-state index is 0.121. The van der Waals surface area contributed by atoms with Crippen molar-refractivity contribution in [2.75, 3.05) is 11.1 Å². The number of nitrogens with one attached hydrogen (secondary N) is 1. The molecule has 5 heteroatoms. The zero-order valence-corrected chi connectivity index (χ0v) is 14.5. The van der Waals surface area contributed by atoms with E-state index in [0.29, 0.717) is 11.4 Å². The van der Waals surface area contributed by atoms with Crippen LogP contribution in [0.2, 0.25) is 0 Å². The topological polar surface area (TPSA) is 46.2 Å². The number of benzene rings is 2. The highest BCUT2D eigenvalue weighted by Gasteiger charge is 2.10. The molecule has 0 aliphatic heterocycles. The Bertz CT molecular complexity index is 724. The summed E-state index contributed by atoms with van der Waals surface area (Å²) in [6, 6.07) is 13.1. The molecule has 0 atom stereocenters. The van der Waals surface area contributed by atoms with Gasteiger partial charge in [0.1, 0.15) is 0 Å². The van der Waals surface area contributed by atoms with Gasteiger partial charge in [-0.05, 0) is 48.4 Å². The van der Waals surface area contributed by atoms with Crippen LogP contribution < -0.4 is 5.32 Å². The van der Waals surface area contributed by atoms with E-state index in [-0.39, 0.29) is 5.75 Å². The molecule has 2 aromatic rings. The number of halogens is 1. The number of hydrogen-bond acceptors (Lipinski definition) is 3. The third kappa shape index (κ3) is 4.08. The number of aryl methyl sites for hydroxylation is 1. The molecule has 3 nitrogen and oxygen atoms in total. The molecule has 112 valence electrons. The average molecular weight is 368 g/mol. The Morgan fingerprint density at radius 3 is 2.33 bits per heavy atom. The summed E-state index contributed by atoms with van der Waals surface area (Å²) in [5.74, 6) is 0.121. The molecule has 0 spiro atoms. The third-order valence-electron chi connectivity index (χ3n) is 3.29. The van der Waals surface area contributed by atoms with E-state index < -0.39 is 9.84 Å². The average Bonchev–Trinajstić information content (AvgIpc) is 2.47. The quantitative estimate of drug-likeness (QED) is 0.862. The fraction of sp³-hybridized carbons (Fsp3) is 0.250. The Kier molecular flexibility index (Phi) is 5.06. The van der Waals surface area contributed by atoms with Crippen LogP contribution in [0.15, 0.2) is 51.8 Å². The lowest BCUT2D eigenvalue weighted by Crippen LogP contribution is -2.04. The summed E-state index contributed by atoms with van der Waals surface area (Å²) < 4.78 is 24.6. The van der Waals surface area contributed by atoms with E-state index in [4.69, 9.17) is 0 Å². The van der Waals surface area contributed by atoms with Gasteiger partial charge in [0.25, 0.3) is 0 Å². The van der Waals surface area contributed by atoms with Crippen LogP contribution in [-0.2, 0) is 16.4 Å². The molecule has 0 saturated carbocycles. The Hall–Kier alpha value is -1.33. The SMILES string of the molecule is CCS(=O)(=O)c1ccc(NCc2ccc(C)cc2Br)cc1. The number of rotatable bonds is 5. The first-order valence-electron chi connectivity index (χ1n) is 6.74. The van der Waals surface area contributed by atoms with E-state index in [1.165, 1.54) is 5.56 Å². The molecule has 2 aromatic carbocycles. The lowest BCUT2D eigenvalue weighted by Gasteiger charge is -2.10. The van der Waals surface area contributed by atoms with Crippen molar-refractivity contribution >= 4 is 31.5 Å². The summed E-state index contributed by atoms with van der Waals surface area (Å²) in [7, 11) is -3.13. The Morgan fingerprint density at radius 1 is 1.10 bits per heavy atom. The highest BCUT2D eigenvalue weighted by molar-refractivity contribution is 9.10. The van der Waals surface area contributed by atoms with E-state index in [1.807, 2.05) is 0 Å². The zero-order valence-electron chi connectivity index (χ0n) is 12.1. The van der Waals surface area contributed by atoms with Gasteiger partial charge in [-0.2, -0.15) is 0 Å². The molecule has 1 N–H and O–H groups in total. The molecule has 0 unspecified atom stereocenters. The van der Waals surface area contributed by atoms with Crippen molar-refractivity contribution in [1.82, 2.24) is 0 Å². The Labute approximate surface area is 134 Å². The van der Waals surface area contributed by atoms with Crippen LogP contribution in [0, 0.1) is 6.92 Å². The monoisotopic (exact) mass is 367 g/mol. The molecule has 0 aromatic heterocycles. The molecule has 0 heterocycles. The predicted octanol–water partition coefficient (Wildman–Crippen LogP) is 4.16. The van der Waals surface area contributed by atoms with E-state index in [9.17, 15) is 8.42 Å². The van der Waals surface area contributed by atoms with Gasteiger partial charge in [0.15, 0.2) is 9.84 Å². The zero-order chi connectivity index (χ0) is 15.5.